The summed E-state index contributed by atoms with van der Waals surface area (Å²) in [7, 11) is 1.10. The molecule has 3 aromatic rings. The average molecular weight is 454 g/mol. The van der Waals surface area contributed by atoms with Crippen LogP contribution in [0.2, 0.25) is 0 Å². The molecule has 1 saturated heterocycles. The van der Waals surface area contributed by atoms with Crippen molar-refractivity contribution in [1.29, 1.82) is 0 Å². The van der Waals surface area contributed by atoms with Crippen LogP contribution in [-0.2, 0) is 4.74 Å². The van der Waals surface area contributed by atoms with Crippen molar-refractivity contribution in [2.75, 3.05) is 7.11 Å². The van der Waals surface area contributed by atoms with Crippen LogP contribution in [0.4, 0.5) is 22.0 Å². The van der Waals surface area contributed by atoms with Gasteiger partial charge in [0.05, 0.1) is 18.2 Å². The van der Waals surface area contributed by atoms with E-state index in [2.05, 4.69) is 9.97 Å². The van der Waals surface area contributed by atoms with Crippen LogP contribution >= 0.6 is 0 Å². The fourth-order valence-electron chi connectivity index (χ4n) is 4.33. The fourth-order valence-corrected chi connectivity index (χ4v) is 4.33. The number of aromatic nitrogens is 2. The van der Waals surface area contributed by atoms with Crippen molar-refractivity contribution in [3.63, 3.8) is 0 Å². The molecule has 2 aromatic heterocycles. The van der Waals surface area contributed by atoms with E-state index in [1.54, 1.807) is 6.07 Å². The molecule has 4 rings (SSSR count). The van der Waals surface area contributed by atoms with E-state index < -0.39 is 52.5 Å². The van der Waals surface area contributed by atoms with Crippen LogP contribution in [0.1, 0.15) is 37.1 Å². The second kappa shape index (κ2) is 7.54. The van der Waals surface area contributed by atoms with Gasteiger partial charge < -0.3 is 14.5 Å². The van der Waals surface area contributed by atoms with E-state index >= 15 is 0 Å². The molecule has 10 heteroatoms. The van der Waals surface area contributed by atoms with Crippen molar-refractivity contribution in [3.8, 4) is 5.75 Å². The first-order chi connectivity index (χ1) is 15.0. The summed E-state index contributed by atoms with van der Waals surface area (Å²) >= 11 is 0. The highest BCUT2D eigenvalue weighted by molar-refractivity contribution is 5.74. The first kappa shape index (κ1) is 22.2. The Balaban J connectivity index is 1.96. The van der Waals surface area contributed by atoms with Gasteiger partial charge in [0.2, 0.25) is 5.82 Å². The molecule has 3 heterocycles. The van der Waals surface area contributed by atoms with E-state index in [9.17, 15) is 26.7 Å². The maximum Gasteiger partial charge on any atom is 0.417 e. The number of hydrogen-bond donors (Lipinski definition) is 1. The highest BCUT2D eigenvalue weighted by Crippen LogP contribution is 2.59. The Morgan fingerprint density at radius 1 is 1.22 bits per heavy atom. The minimum atomic E-state index is -4.78. The lowest BCUT2D eigenvalue weighted by atomic mass is 9.76. The van der Waals surface area contributed by atoms with E-state index in [1.165, 1.54) is 25.3 Å². The molecule has 170 valence electrons. The van der Waals surface area contributed by atoms with Gasteiger partial charge in [-0.2, -0.15) is 17.6 Å². The SMILES string of the molecule is COc1c([C@H]2[C@H](c3cc(=O)c4cccnc4[nH]3)O[C@@](C)(C(F)(F)F)[C@H]2C)ccc(F)c1F. The van der Waals surface area contributed by atoms with Crippen LogP contribution in [0.15, 0.2) is 41.3 Å². The van der Waals surface area contributed by atoms with E-state index in [1.807, 2.05) is 0 Å². The number of ether oxygens (including phenoxy) is 2. The summed E-state index contributed by atoms with van der Waals surface area (Å²) < 4.78 is 81.0. The van der Waals surface area contributed by atoms with Gasteiger partial charge in [-0.25, -0.2) is 9.37 Å². The van der Waals surface area contributed by atoms with Gasteiger partial charge in [0, 0.05) is 29.7 Å². The normalized spacial score (nSPS) is 25.9. The van der Waals surface area contributed by atoms with Gasteiger partial charge in [0.15, 0.2) is 22.6 Å². The topological polar surface area (TPSA) is 64.2 Å². The number of H-pyrrole nitrogens is 1. The average Bonchev–Trinajstić information content (AvgIpc) is 3.02. The van der Waals surface area contributed by atoms with Gasteiger partial charge in [-0.05, 0) is 25.1 Å². The molecule has 1 aliphatic rings. The fraction of sp³-hybridized carbons (Fsp3) is 0.364. The lowest BCUT2D eigenvalue weighted by molar-refractivity contribution is -0.275. The summed E-state index contributed by atoms with van der Waals surface area (Å²) in [6.07, 6.45) is -4.69. The number of aromatic amines is 1. The number of alkyl halides is 3. The molecule has 0 saturated carbocycles. The van der Waals surface area contributed by atoms with Crippen LogP contribution in [0, 0.1) is 17.6 Å². The number of benzene rings is 1. The van der Waals surface area contributed by atoms with Gasteiger partial charge >= 0.3 is 6.18 Å². The number of halogens is 5. The summed E-state index contributed by atoms with van der Waals surface area (Å²) in [5, 5.41) is 0.253. The van der Waals surface area contributed by atoms with E-state index in [0.717, 1.165) is 26.2 Å². The Bertz CT molecular complexity index is 1240. The van der Waals surface area contributed by atoms with Gasteiger partial charge in [0.25, 0.3) is 0 Å². The molecule has 0 aliphatic carbocycles. The number of fused-ring (bicyclic) bond motifs is 1. The standard InChI is InChI=1S/C22H19F5N2O3/c1-10-16(12-6-7-13(23)17(24)18(12)31-3)19(32-21(10,2)22(25,26)27)14-9-15(30)11-5-4-8-28-20(11)29-14/h4-10,16,19H,1-3H3,(H,28,29,30)/t10-,16-,19-,21+/m0/s1. The molecular weight excluding hydrogens is 435 g/mol. The molecule has 4 atom stereocenters. The summed E-state index contributed by atoms with van der Waals surface area (Å²) in [6.45, 7) is 2.21. The predicted molar refractivity (Wildman–Crippen MR) is 105 cm³/mol. The number of pyridine rings is 2. The number of hydrogen-bond acceptors (Lipinski definition) is 4. The lowest BCUT2D eigenvalue weighted by Crippen LogP contribution is -2.46. The smallest absolute Gasteiger partial charge is 0.417 e. The lowest BCUT2D eigenvalue weighted by Gasteiger charge is -2.32. The Labute approximate surface area is 179 Å². The first-order valence-electron chi connectivity index (χ1n) is 9.74. The zero-order valence-electron chi connectivity index (χ0n) is 17.3. The molecule has 0 amide bonds. The van der Waals surface area contributed by atoms with Crippen LogP contribution < -0.4 is 10.2 Å². The van der Waals surface area contributed by atoms with E-state index in [0.29, 0.717) is 0 Å². The van der Waals surface area contributed by atoms with Crippen molar-refractivity contribution in [3.05, 3.63) is 69.6 Å². The molecule has 1 aliphatic heterocycles. The second-order valence-electron chi connectivity index (χ2n) is 7.93. The second-order valence-corrected chi connectivity index (χ2v) is 7.93. The zero-order valence-corrected chi connectivity index (χ0v) is 17.3. The molecule has 5 nitrogen and oxygen atoms in total. The van der Waals surface area contributed by atoms with Gasteiger partial charge in [-0.1, -0.05) is 13.0 Å². The number of nitrogens with zero attached hydrogens (tertiary/aromatic N) is 1. The minimum Gasteiger partial charge on any atom is -0.493 e. The van der Waals surface area contributed by atoms with Crippen LogP contribution in [0.3, 0.4) is 0 Å². The number of methoxy groups -OCH3 is 1. The highest BCUT2D eigenvalue weighted by atomic mass is 19.4. The van der Waals surface area contributed by atoms with Crippen molar-refractivity contribution in [1.82, 2.24) is 9.97 Å². The van der Waals surface area contributed by atoms with Gasteiger partial charge in [-0.15, -0.1) is 0 Å². The van der Waals surface area contributed by atoms with Gasteiger partial charge in [0.1, 0.15) is 11.8 Å². The summed E-state index contributed by atoms with van der Waals surface area (Å²) in [5.74, 6) is -5.39. The van der Waals surface area contributed by atoms with Gasteiger partial charge in [-0.3, -0.25) is 4.79 Å². The molecule has 32 heavy (non-hydrogen) atoms. The molecule has 1 aromatic carbocycles. The maximum absolute atomic E-state index is 14.4. The van der Waals surface area contributed by atoms with Crippen molar-refractivity contribution in [2.45, 2.75) is 37.6 Å². The summed E-state index contributed by atoms with van der Waals surface area (Å²) in [4.78, 5) is 19.5. The van der Waals surface area contributed by atoms with Crippen molar-refractivity contribution in [2.24, 2.45) is 5.92 Å². The molecule has 1 N–H and O–H groups in total. The van der Waals surface area contributed by atoms with Crippen LogP contribution in [0.25, 0.3) is 11.0 Å². The third kappa shape index (κ3) is 3.24. The Hall–Kier alpha value is -3.01. The molecule has 1 fully saturated rings. The van der Waals surface area contributed by atoms with Crippen molar-refractivity contribution < 1.29 is 31.4 Å². The Morgan fingerprint density at radius 3 is 2.59 bits per heavy atom. The molecule has 0 spiro atoms. The Kier molecular flexibility index (Phi) is 5.23. The summed E-state index contributed by atoms with van der Waals surface area (Å²) in [5.41, 5.74) is -2.89. The molecular formula is C22H19F5N2O3. The maximum atomic E-state index is 14.4. The predicted octanol–water partition coefficient (Wildman–Crippen LogP) is 5.02. The monoisotopic (exact) mass is 454 g/mol. The van der Waals surface area contributed by atoms with E-state index in [-0.39, 0.29) is 22.3 Å². The highest BCUT2D eigenvalue weighted by Gasteiger charge is 2.65. The van der Waals surface area contributed by atoms with E-state index in [4.69, 9.17) is 9.47 Å². The summed E-state index contributed by atoms with van der Waals surface area (Å²) in [6, 6.07) is 6.22. The number of nitrogens with one attached hydrogen (secondary N) is 1. The number of rotatable bonds is 3. The van der Waals surface area contributed by atoms with Crippen LogP contribution in [-0.4, -0.2) is 28.9 Å². The third-order valence-electron chi connectivity index (χ3n) is 6.24. The third-order valence-corrected chi connectivity index (χ3v) is 6.24. The minimum absolute atomic E-state index is 0.00107. The molecule has 0 unspecified atom stereocenters. The molecule has 0 radical (unpaired) electrons. The quantitative estimate of drug-likeness (QED) is 0.565. The molecule has 0 bridgehead atoms. The van der Waals surface area contributed by atoms with Crippen LogP contribution in [0.5, 0.6) is 5.75 Å². The largest absolute Gasteiger partial charge is 0.493 e. The zero-order chi connectivity index (χ0) is 23.4. The first-order valence-corrected chi connectivity index (χ1v) is 9.74. The van der Waals surface area contributed by atoms with Crippen molar-refractivity contribution >= 4 is 11.0 Å². The Morgan fingerprint density at radius 2 is 1.94 bits per heavy atom.